The van der Waals surface area contributed by atoms with Gasteiger partial charge in [-0.1, -0.05) is 12.8 Å². The lowest BCUT2D eigenvalue weighted by Gasteiger charge is -2.24. The number of halogens is 2. The fourth-order valence-corrected chi connectivity index (χ4v) is 5.29. The minimum atomic E-state index is -1.15. The molecule has 0 saturated heterocycles. The smallest absolute Gasteiger partial charge is 0.261 e. The molecule has 152 valence electrons. The molecular formula is C20H25F2N3O2S. The van der Waals surface area contributed by atoms with Crippen molar-refractivity contribution in [3.05, 3.63) is 33.9 Å². The second-order valence-electron chi connectivity index (χ2n) is 7.83. The molecule has 2 saturated carbocycles. The summed E-state index contributed by atoms with van der Waals surface area (Å²) in [5.74, 6) is -1.20. The lowest BCUT2D eigenvalue weighted by Crippen LogP contribution is -2.20. The van der Waals surface area contributed by atoms with Gasteiger partial charge in [-0.25, -0.2) is 13.8 Å². The number of H-pyrrole nitrogens is 1. The van der Waals surface area contributed by atoms with Gasteiger partial charge in [0, 0.05) is 11.3 Å². The molecule has 0 radical (unpaired) electrons. The van der Waals surface area contributed by atoms with Crippen LogP contribution in [0.3, 0.4) is 0 Å². The molecule has 2 aromatic rings. The average Bonchev–Trinajstić information content (AvgIpc) is 3.18. The Bertz CT molecular complexity index is 906. The number of hydrogen-bond donors (Lipinski definition) is 3. The maximum absolute atomic E-state index is 14.5. The van der Waals surface area contributed by atoms with E-state index >= 15 is 0 Å². The van der Waals surface area contributed by atoms with Gasteiger partial charge in [0.2, 0.25) is 0 Å². The standard InChI is InChI=1S/C20H25F2N3O2S/c21-18-15(23-11-3-1-2-4-11)9-14-17(19(18)22)20(27)25-16(24-14)10-28-13-7-5-12(26)6-8-13/h9,11-13,23,26H,1-8,10H2,(H,24,25,27)/t12-,13-. The first-order chi connectivity index (χ1) is 13.5. The normalized spacial score (nSPS) is 23.4. The zero-order chi connectivity index (χ0) is 19.7. The van der Waals surface area contributed by atoms with Gasteiger partial charge >= 0.3 is 0 Å². The highest BCUT2D eigenvalue weighted by Gasteiger charge is 2.23. The van der Waals surface area contributed by atoms with Crippen LogP contribution in [0.25, 0.3) is 10.9 Å². The Morgan fingerprint density at radius 3 is 2.57 bits per heavy atom. The van der Waals surface area contributed by atoms with Crippen LogP contribution in [0.2, 0.25) is 0 Å². The summed E-state index contributed by atoms with van der Waals surface area (Å²) in [6, 6.07) is 1.58. The molecule has 1 heterocycles. The number of aromatic amines is 1. The fraction of sp³-hybridized carbons (Fsp3) is 0.600. The Morgan fingerprint density at radius 1 is 1.14 bits per heavy atom. The SMILES string of the molecule is O=c1[nH]c(CS[C@H]2CC[C@H](O)CC2)nc2cc(NC3CCCC3)c(F)c(F)c12. The summed E-state index contributed by atoms with van der Waals surface area (Å²) in [6.07, 6.45) is 7.25. The first-order valence-electron chi connectivity index (χ1n) is 9.98. The third-order valence-electron chi connectivity index (χ3n) is 5.74. The number of aliphatic hydroxyl groups is 1. The predicted octanol–water partition coefficient (Wildman–Crippen LogP) is 4.09. The van der Waals surface area contributed by atoms with Crippen molar-refractivity contribution in [2.75, 3.05) is 5.32 Å². The van der Waals surface area contributed by atoms with Crippen LogP contribution in [0.4, 0.5) is 14.5 Å². The van der Waals surface area contributed by atoms with Crippen LogP contribution in [0.15, 0.2) is 10.9 Å². The van der Waals surface area contributed by atoms with Gasteiger partial charge in [0.05, 0.1) is 23.1 Å². The summed E-state index contributed by atoms with van der Waals surface area (Å²) in [6.45, 7) is 0. The van der Waals surface area contributed by atoms with Crippen LogP contribution in [-0.2, 0) is 5.75 Å². The minimum absolute atomic E-state index is 0.0786. The van der Waals surface area contributed by atoms with Gasteiger partial charge in [-0.2, -0.15) is 11.8 Å². The Morgan fingerprint density at radius 2 is 1.86 bits per heavy atom. The van der Waals surface area contributed by atoms with E-state index in [0.29, 0.717) is 16.8 Å². The number of nitrogens with one attached hydrogen (secondary N) is 2. The van der Waals surface area contributed by atoms with Crippen LogP contribution in [0.1, 0.15) is 57.2 Å². The Balaban J connectivity index is 1.57. The van der Waals surface area contributed by atoms with E-state index in [1.165, 1.54) is 6.07 Å². The molecule has 0 atom stereocenters. The van der Waals surface area contributed by atoms with Crippen LogP contribution in [-0.4, -0.2) is 32.5 Å². The Kier molecular flexibility index (Phi) is 5.87. The van der Waals surface area contributed by atoms with Gasteiger partial charge in [-0.3, -0.25) is 4.79 Å². The highest BCUT2D eigenvalue weighted by molar-refractivity contribution is 7.99. The maximum atomic E-state index is 14.5. The molecule has 0 aliphatic heterocycles. The minimum Gasteiger partial charge on any atom is -0.393 e. The van der Waals surface area contributed by atoms with Crippen molar-refractivity contribution in [2.24, 2.45) is 0 Å². The number of anilines is 1. The molecule has 3 N–H and O–H groups in total. The van der Waals surface area contributed by atoms with Gasteiger partial charge in [-0.05, 0) is 44.6 Å². The molecule has 5 nitrogen and oxygen atoms in total. The van der Waals surface area contributed by atoms with Crippen molar-refractivity contribution >= 4 is 28.4 Å². The summed E-state index contributed by atoms with van der Waals surface area (Å²) in [5, 5.41) is 12.8. The summed E-state index contributed by atoms with van der Waals surface area (Å²) in [5.41, 5.74) is -0.392. The first kappa shape index (κ1) is 19.6. The highest BCUT2D eigenvalue weighted by atomic mass is 32.2. The van der Waals surface area contributed by atoms with Crippen molar-refractivity contribution in [1.29, 1.82) is 0 Å². The molecule has 28 heavy (non-hydrogen) atoms. The molecular weight excluding hydrogens is 384 g/mol. The number of aliphatic hydroxyl groups excluding tert-OH is 1. The quantitative estimate of drug-likeness (QED) is 0.693. The molecule has 2 aliphatic carbocycles. The zero-order valence-corrected chi connectivity index (χ0v) is 16.5. The molecule has 0 amide bonds. The van der Waals surface area contributed by atoms with Gasteiger partial charge in [0.25, 0.3) is 5.56 Å². The Labute approximate surface area is 166 Å². The molecule has 2 aliphatic rings. The lowest BCUT2D eigenvalue weighted by atomic mass is 9.97. The summed E-state index contributed by atoms with van der Waals surface area (Å²) < 4.78 is 29.0. The summed E-state index contributed by atoms with van der Waals surface area (Å²) in [7, 11) is 0. The molecule has 0 unspecified atom stereocenters. The van der Waals surface area contributed by atoms with Crippen LogP contribution >= 0.6 is 11.8 Å². The predicted molar refractivity (Wildman–Crippen MR) is 108 cm³/mol. The van der Waals surface area contributed by atoms with Crippen molar-refractivity contribution in [3.8, 4) is 0 Å². The molecule has 0 bridgehead atoms. The van der Waals surface area contributed by atoms with Crippen molar-refractivity contribution in [1.82, 2.24) is 9.97 Å². The van der Waals surface area contributed by atoms with E-state index in [-0.39, 0.29) is 28.7 Å². The molecule has 1 aromatic heterocycles. The molecule has 1 aromatic carbocycles. The van der Waals surface area contributed by atoms with E-state index < -0.39 is 17.2 Å². The number of benzene rings is 1. The van der Waals surface area contributed by atoms with E-state index in [4.69, 9.17) is 0 Å². The Hall–Kier alpha value is -1.67. The molecule has 4 rings (SSSR count). The lowest BCUT2D eigenvalue weighted by molar-refractivity contribution is 0.132. The monoisotopic (exact) mass is 409 g/mol. The van der Waals surface area contributed by atoms with Crippen molar-refractivity contribution < 1.29 is 13.9 Å². The molecule has 2 fully saturated rings. The van der Waals surface area contributed by atoms with E-state index in [1.807, 2.05) is 0 Å². The van der Waals surface area contributed by atoms with Gasteiger partial charge in [-0.15, -0.1) is 0 Å². The summed E-state index contributed by atoms with van der Waals surface area (Å²) >= 11 is 1.68. The second-order valence-corrected chi connectivity index (χ2v) is 9.11. The number of thioether (sulfide) groups is 1. The third kappa shape index (κ3) is 4.17. The first-order valence-corrected chi connectivity index (χ1v) is 11.0. The molecule has 0 spiro atoms. The van der Waals surface area contributed by atoms with Crippen molar-refractivity contribution in [3.63, 3.8) is 0 Å². The van der Waals surface area contributed by atoms with Gasteiger partial charge in [0.15, 0.2) is 11.6 Å². The van der Waals surface area contributed by atoms with Crippen LogP contribution < -0.4 is 10.9 Å². The van der Waals surface area contributed by atoms with E-state index in [9.17, 15) is 18.7 Å². The number of hydrogen-bond acceptors (Lipinski definition) is 5. The van der Waals surface area contributed by atoms with Crippen LogP contribution in [0, 0.1) is 11.6 Å². The second kappa shape index (κ2) is 8.37. The van der Waals surface area contributed by atoms with Gasteiger partial charge < -0.3 is 15.4 Å². The highest BCUT2D eigenvalue weighted by Crippen LogP contribution is 2.31. The van der Waals surface area contributed by atoms with E-state index in [2.05, 4.69) is 15.3 Å². The number of nitrogens with zero attached hydrogens (tertiary/aromatic N) is 1. The number of rotatable bonds is 5. The average molecular weight is 410 g/mol. The number of fused-ring (bicyclic) bond motifs is 1. The maximum Gasteiger partial charge on any atom is 0.261 e. The third-order valence-corrected chi connectivity index (χ3v) is 7.12. The number of aromatic nitrogens is 2. The van der Waals surface area contributed by atoms with Crippen LogP contribution in [0.5, 0.6) is 0 Å². The zero-order valence-electron chi connectivity index (χ0n) is 15.6. The largest absolute Gasteiger partial charge is 0.393 e. The van der Waals surface area contributed by atoms with Gasteiger partial charge in [0.1, 0.15) is 11.2 Å². The fourth-order valence-electron chi connectivity index (χ4n) is 4.16. The topological polar surface area (TPSA) is 78.0 Å². The van der Waals surface area contributed by atoms with E-state index in [0.717, 1.165) is 51.4 Å². The van der Waals surface area contributed by atoms with Crippen molar-refractivity contribution in [2.45, 2.75) is 74.5 Å². The molecule has 8 heteroatoms. The summed E-state index contributed by atoms with van der Waals surface area (Å²) in [4.78, 5) is 19.4. The van der Waals surface area contributed by atoms with E-state index in [1.54, 1.807) is 11.8 Å².